The Balaban J connectivity index is 2.63. The summed E-state index contributed by atoms with van der Waals surface area (Å²) >= 11 is 0. The van der Waals surface area contributed by atoms with Gasteiger partial charge in [0.1, 0.15) is 0 Å². The van der Waals surface area contributed by atoms with Crippen LogP contribution in [0.25, 0.3) is 0 Å². The van der Waals surface area contributed by atoms with Gasteiger partial charge in [0.25, 0.3) is 0 Å². The number of nitrogens with zero attached hydrogens (tertiary/aromatic N) is 3. The fourth-order valence-electron chi connectivity index (χ4n) is 1.98. The minimum Gasteiger partial charge on any atom is -0.329 e. The van der Waals surface area contributed by atoms with Gasteiger partial charge in [-0.1, -0.05) is 13.8 Å². The summed E-state index contributed by atoms with van der Waals surface area (Å²) in [5.41, 5.74) is 7.97. The summed E-state index contributed by atoms with van der Waals surface area (Å²) in [6, 6.07) is 2.14. The normalized spacial score (nSPS) is 11.7. The van der Waals surface area contributed by atoms with E-state index in [1.54, 1.807) is 0 Å². The fraction of sp³-hybridized carbons (Fsp3) is 0.750. The Hall–Kier alpha value is -0.870. The first-order chi connectivity index (χ1) is 7.52. The van der Waals surface area contributed by atoms with Gasteiger partial charge in [-0.3, -0.25) is 9.58 Å². The molecule has 2 N–H and O–H groups in total. The summed E-state index contributed by atoms with van der Waals surface area (Å²) < 4.78 is 1.96. The predicted molar refractivity (Wildman–Crippen MR) is 67.1 cm³/mol. The number of aromatic nitrogens is 2. The summed E-state index contributed by atoms with van der Waals surface area (Å²) in [6.45, 7) is 10.2. The average Bonchev–Trinajstić information content (AvgIpc) is 2.44. The lowest BCUT2D eigenvalue weighted by atomic mass is 10.2. The molecule has 4 heteroatoms. The molecule has 4 nitrogen and oxygen atoms in total. The zero-order valence-corrected chi connectivity index (χ0v) is 10.9. The molecule has 0 saturated heterocycles. The lowest BCUT2D eigenvalue weighted by Gasteiger charge is -2.23. The number of aryl methyl sites for hydroxylation is 2. The molecule has 0 radical (unpaired) electrons. The largest absolute Gasteiger partial charge is 0.329 e. The van der Waals surface area contributed by atoms with Crippen LogP contribution in [0.15, 0.2) is 6.07 Å². The van der Waals surface area contributed by atoms with Gasteiger partial charge in [-0.2, -0.15) is 5.10 Å². The summed E-state index contributed by atoms with van der Waals surface area (Å²) in [5.74, 6) is 0.667. The Morgan fingerprint density at radius 1 is 1.50 bits per heavy atom. The molecule has 0 amide bonds. The maximum atomic E-state index is 5.64. The molecule has 1 heterocycles. The monoisotopic (exact) mass is 224 g/mol. The SMILES string of the molecule is Cc1cc(CN(CCN)CC(C)C)n(C)n1. The van der Waals surface area contributed by atoms with Gasteiger partial charge in [0, 0.05) is 33.2 Å². The van der Waals surface area contributed by atoms with Gasteiger partial charge < -0.3 is 5.73 Å². The van der Waals surface area contributed by atoms with Crippen LogP contribution in [0.1, 0.15) is 25.2 Å². The summed E-state index contributed by atoms with van der Waals surface area (Å²) in [6.07, 6.45) is 0. The molecule has 0 aliphatic rings. The van der Waals surface area contributed by atoms with E-state index in [0.29, 0.717) is 12.5 Å². The van der Waals surface area contributed by atoms with Crippen molar-refractivity contribution in [1.82, 2.24) is 14.7 Å². The predicted octanol–water partition coefficient (Wildman–Crippen LogP) is 1.15. The van der Waals surface area contributed by atoms with Crippen LogP contribution in [0.5, 0.6) is 0 Å². The van der Waals surface area contributed by atoms with Crippen molar-refractivity contribution >= 4 is 0 Å². The van der Waals surface area contributed by atoms with Crippen LogP contribution in [-0.4, -0.2) is 34.3 Å². The van der Waals surface area contributed by atoms with E-state index in [1.807, 2.05) is 18.7 Å². The van der Waals surface area contributed by atoms with Crippen LogP contribution in [-0.2, 0) is 13.6 Å². The molecule has 0 fully saturated rings. The van der Waals surface area contributed by atoms with Gasteiger partial charge in [-0.15, -0.1) is 0 Å². The van der Waals surface area contributed by atoms with Gasteiger partial charge in [0.2, 0.25) is 0 Å². The lowest BCUT2D eigenvalue weighted by molar-refractivity contribution is 0.237. The third-order valence-corrected chi connectivity index (χ3v) is 2.55. The molecule has 0 aliphatic carbocycles. The van der Waals surface area contributed by atoms with Gasteiger partial charge >= 0.3 is 0 Å². The van der Waals surface area contributed by atoms with E-state index in [1.165, 1.54) is 5.69 Å². The zero-order chi connectivity index (χ0) is 12.1. The van der Waals surface area contributed by atoms with E-state index >= 15 is 0 Å². The Kier molecular flexibility index (Phi) is 4.96. The van der Waals surface area contributed by atoms with Gasteiger partial charge in [0.15, 0.2) is 0 Å². The Labute approximate surface area is 98.4 Å². The van der Waals surface area contributed by atoms with E-state index < -0.39 is 0 Å². The standard InChI is InChI=1S/C12H24N4/c1-10(2)8-16(6-5-13)9-12-7-11(3)14-15(12)4/h7,10H,5-6,8-9,13H2,1-4H3. The molecule has 1 aromatic heterocycles. The first-order valence-electron chi connectivity index (χ1n) is 5.95. The second-order valence-electron chi connectivity index (χ2n) is 4.82. The number of hydrogen-bond donors (Lipinski definition) is 1. The second-order valence-corrected chi connectivity index (χ2v) is 4.82. The molecule has 92 valence electrons. The van der Waals surface area contributed by atoms with Crippen LogP contribution in [0.3, 0.4) is 0 Å². The van der Waals surface area contributed by atoms with Gasteiger partial charge in [0.05, 0.1) is 11.4 Å². The summed E-state index contributed by atoms with van der Waals surface area (Å²) in [5, 5.41) is 4.36. The summed E-state index contributed by atoms with van der Waals surface area (Å²) in [7, 11) is 2.00. The Morgan fingerprint density at radius 2 is 2.19 bits per heavy atom. The number of rotatable bonds is 6. The van der Waals surface area contributed by atoms with E-state index in [4.69, 9.17) is 5.73 Å². The highest BCUT2D eigenvalue weighted by Crippen LogP contribution is 2.08. The Morgan fingerprint density at radius 3 is 2.62 bits per heavy atom. The van der Waals surface area contributed by atoms with E-state index in [9.17, 15) is 0 Å². The fourth-order valence-corrected chi connectivity index (χ4v) is 1.98. The van der Waals surface area contributed by atoms with Crippen LogP contribution in [0.4, 0.5) is 0 Å². The molecule has 1 rings (SSSR count). The molecule has 0 saturated carbocycles. The van der Waals surface area contributed by atoms with Crippen molar-refractivity contribution in [3.63, 3.8) is 0 Å². The minimum atomic E-state index is 0.667. The number of nitrogens with two attached hydrogens (primary N) is 1. The van der Waals surface area contributed by atoms with E-state index in [0.717, 1.165) is 25.3 Å². The second kappa shape index (κ2) is 6.01. The van der Waals surface area contributed by atoms with Crippen molar-refractivity contribution in [2.75, 3.05) is 19.6 Å². The first-order valence-corrected chi connectivity index (χ1v) is 5.95. The minimum absolute atomic E-state index is 0.667. The molecule has 0 aliphatic heterocycles. The Bertz CT molecular complexity index is 317. The molecule has 0 atom stereocenters. The summed E-state index contributed by atoms with van der Waals surface area (Å²) in [4.78, 5) is 2.39. The molecule has 0 unspecified atom stereocenters. The van der Waals surface area contributed by atoms with Crippen LogP contribution in [0.2, 0.25) is 0 Å². The number of hydrogen-bond acceptors (Lipinski definition) is 3. The molecule has 0 bridgehead atoms. The molecule has 16 heavy (non-hydrogen) atoms. The maximum absolute atomic E-state index is 5.64. The van der Waals surface area contributed by atoms with Crippen molar-refractivity contribution < 1.29 is 0 Å². The molecular formula is C12H24N4. The smallest absolute Gasteiger partial charge is 0.0597 e. The molecule has 0 spiro atoms. The molecule has 0 aromatic carbocycles. The quantitative estimate of drug-likeness (QED) is 0.788. The zero-order valence-electron chi connectivity index (χ0n) is 10.9. The van der Waals surface area contributed by atoms with Gasteiger partial charge in [-0.25, -0.2) is 0 Å². The van der Waals surface area contributed by atoms with Crippen LogP contribution in [0, 0.1) is 12.8 Å². The van der Waals surface area contributed by atoms with Crippen molar-refractivity contribution in [1.29, 1.82) is 0 Å². The van der Waals surface area contributed by atoms with Crippen molar-refractivity contribution in [3.8, 4) is 0 Å². The topological polar surface area (TPSA) is 47.1 Å². The van der Waals surface area contributed by atoms with Gasteiger partial charge in [-0.05, 0) is 18.9 Å². The first kappa shape index (κ1) is 13.2. The van der Waals surface area contributed by atoms with Crippen molar-refractivity contribution in [2.24, 2.45) is 18.7 Å². The molecule has 1 aromatic rings. The highest BCUT2D eigenvalue weighted by molar-refractivity contribution is 5.08. The van der Waals surface area contributed by atoms with Crippen LogP contribution >= 0.6 is 0 Å². The van der Waals surface area contributed by atoms with Crippen molar-refractivity contribution in [2.45, 2.75) is 27.3 Å². The third-order valence-electron chi connectivity index (χ3n) is 2.55. The van der Waals surface area contributed by atoms with E-state index in [2.05, 4.69) is 29.9 Å². The maximum Gasteiger partial charge on any atom is 0.0597 e. The van der Waals surface area contributed by atoms with Crippen molar-refractivity contribution in [3.05, 3.63) is 17.5 Å². The highest BCUT2D eigenvalue weighted by atomic mass is 15.3. The highest BCUT2D eigenvalue weighted by Gasteiger charge is 2.10. The van der Waals surface area contributed by atoms with E-state index in [-0.39, 0.29) is 0 Å². The third kappa shape index (κ3) is 3.94. The molecular weight excluding hydrogens is 200 g/mol. The lowest BCUT2D eigenvalue weighted by Crippen LogP contribution is -2.32. The van der Waals surface area contributed by atoms with Crippen LogP contribution < -0.4 is 5.73 Å². The average molecular weight is 224 g/mol.